The number of amides is 3. The number of carbonyl (C=O) groups excluding carboxylic acids is 4. The van der Waals surface area contributed by atoms with Crippen molar-refractivity contribution in [2.24, 2.45) is 11.8 Å². The maximum Gasteiger partial charge on any atom is 0.309 e. The molecule has 0 aromatic heterocycles. The molecule has 168 valence electrons. The molecule has 31 heavy (non-hydrogen) atoms. The van der Waals surface area contributed by atoms with Crippen LogP contribution in [0.4, 0.5) is 5.69 Å². The summed E-state index contributed by atoms with van der Waals surface area (Å²) in [4.78, 5) is 52.6. The highest BCUT2D eigenvalue weighted by Gasteiger charge is 2.35. The van der Waals surface area contributed by atoms with E-state index >= 15 is 0 Å². The molecule has 8 nitrogen and oxygen atoms in total. The Morgan fingerprint density at radius 2 is 1.74 bits per heavy atom. The summed E-state index contributed by atoms with van der Waals surface area (Å²) in [7, 11) is 0. The molecule has 0 aliphatic carbocycles. The van der Waals surface area contributed by atoms with Gasteiger partial charge in [0.2, 0.25) is 11.8 Å². The van der Waals surface area contributed by atoms with Gasteiger partial charge in [-0.3, -0.25) is 19.2 Å². The summed E-state index contributed by atoms with van der Waals surface area (Å²) in [6, 6.07) is 6.87. The molecule has 2 saturated heterocycles. The van der Waals surface area contributed by atoms with Gasteiger partial charge in [-0.2, -0.15) is 0 Å². The molecule has 1 N–H and O–H groups in total. The third-order valence-electron chi connectivity index (χ3n) is 5.95. The Balaban J connectivity index is 1.52. The van der Waals surface area contributed by atoms with E-state index in [9.17, 15) is 19.2 Å². The van der Waals surface area contributed by atoms with Crippen LogP contribution >= 0.6 is 0 Å². The number of esters is 1. The predicted molar refractivity (Wildman–Crippen MR) is 115 cm³/mol. The van der Waals surface area contributed by atoms with Crippen LogP contribution in [-0.2, 0) is 19.1 Å². The molecular formula is C23H31N3O5. The van der Waals surface area contributed by atoms with E-state index in [1.165, 1.54) is 0 Å². The maximum absolute atomic E-state index is 12.8. The number of nitrogens with one attached hydrogen (secondary N) is 1. The molecule has 3 rings (SSSR count). The predicted octanol–water partition coefficient (Wildman–Crippen LogP) is 2.30. The van der Waals surface area contributed by atoms with Crippen LogP contribution in [0, 0.1) is 11.8 Å². The molecular weight excluding hydrogens is 398 g/mol. The lowest BCUT2D eigenvalue weighted by Gasteiger charge is -2.31. The first-order chi connectivity index (χ1) is 14.8. The van der Waals surface area contributed by atoms with Gasteiger partial charge >= 0.3 is 5.97 Å². The Bertz CT molecular complexity index is 828. The Labute approximate surface area is 182 Å². The molecule has 2 aliphatic rings. The van der Waals surface area contributed by atoms with Crippen molar-refractivity contribution >= 4 is 29.4 Å². The van der Waals surface area contributed by atoms with Crippen molar-refractivity contribution in [3.05, 3.63) is 29.8 Å². The van der Waals surface area contributed by atoms with Crippen LogP contribution in [-0.4, -0.2) is 65.8 Å². The number of piperidine rings is 1. The lowest BCUT2D eigenvalue weighted by Crippen LogP contribution is -2.40. The fourth-order valence-electron chi connectivity index (χ4n) is 4.11. The summed E-state index contributed by atoms with van der Waals surface area (Å²) >= 11 is 0. The molecule has 1 aromatic carbocycles. The van der Waals surface area contributed by atoms with Crippen LogP contribution in [0.15, 0.2) is 24.3 Å². The number of benzene rings is 1. The van der Waals surface area contributed by atoms with Crippen molar-refractivity contribution in [3.63, 3.8) is 0 Å². The van der Waals surface area contributed by atoms with Crippen LogP contribution in [0.1, 0.15) is 50.4 Å². The van der Waals surface area contributed by atoms with Gasteiger partial charge in [0, 0.05) is 43.3 Å². The van der Waals surface area contributed by atoms with Gasteiger partial charge < -0.3 is 19.9 Å². The topological polar surface area (TPSA) is 96.0 Å². The molecule has 2 fully saturated rings. The average molecular weight is 430 g/mol. The van der Waals surface area contributed by atoms with Crippen LogP contribution in [0.5, 0.6) is 0 Å². The Morgan fingerprint density at radius 3 is 2.29 bits per heavy atom. The van der Waals surface area contributed by atoms with Gasteiger partial charge in [0.15, 0.2) is 0 Å². The molecule has 0 bridgehead atoms. The Kier molecular flexibility index (Phi) is 7.30. The molecule has 1 atom stereocenters. The zero-order chi connectivity index (χ0) is 22.5. The highest BCUT2D eigenvalue weighted by Crippen LogP contribution is 2.23. The third kappa shape index (κ3) is 5.42. The monoisotopic (exact) mass is 429 g/mol. The van der Waals surface area contributed by atoms with Gasteiger partial charge in [-0.15, -0.1) is 0 Å². The SMILES string of the molecule is CCOC(=O)C1CCN(C(=O)c2ccc(NC(=O)C3CC(=O)N(C(C)C)C3)cc2)CC1. The van der Waals surface area contributed by atoms with Crippen LogP contribution in [0.3, 0.4) is 0 Å². The van der Waals surface area contributed by atoms with Crippen molar-refractivity contribution in [1.82, 2.24) is 9.80 Å². The number of hydrogen-bond donors (Lipinski definition) is 1. The smallest absolute Gasteiger partial charge is 0.309 e. The van der Waals surface area contributed by atoms with Gasteiger partial charge in [-0.1, -0.05) is 0 Å². The molecule has 2 heterocycles. The highest BCUT2D eigenvalue weighted by atomic mass is 16.5. The zero-order valence-corrected chi connectivity index (χ0v) is 18.4. The summed E-state index contributed by atoms with van der Waals surface area (Å²) < 4.78 is 5.07. The number of likely N-dealkylation sites (tertiary alicyclic amines) is 2. The standard InChI is InChI=1S/C23H31N3O5/c1-4-31-23(30)17-9-11-25(12-10-17)22(29)16-5-7-19(8-6-16)24-21(28)18-13-20(27)26(14-18)15(2)3/h5-8,15,17-18H,4,9-14H2,1-3H3,(H,24,28). The fraction of sp³-hybridized carbons (Fsp3) is 0.565. The largest absolute Gasteiger partial charge is 0.466 e. The molecule has 1 unspecified atom stereocenters. The van der Waals surface area contributed by atoms with Crippen LogP contribution in [0.25, 0.3) is 0 Å². The van der Waals surface area contributed by atoms with Gasteiger partial charge in [-0.25, -0.2) is 0 Å². The van der Waals surface area contributed by atoms with Gasteiger partial charge in [0.05, 0.1) is 18.4 Å². The molecule has 2 aliphatic heterocycles. The number of ether oxygens (including phenoxy) is 1. The van der Waals surface area contributed by atoms with Crippen LogP contribution in [0.2, 0.25) is 0 Å². The maximum atomic E-state index is 12.8. The van der Waals surface area contributed by atoms with Gasteiger partial charge in [-0.05, 0) is 57.9 Å². The van der Waals surface area contributed by atoms with Crippen molar-refractivity contribution in [2.75, 3.05) is 31.6 Å². The number of nitrogens with zero attached hydrogens (tertiary/aromatic N) is 2. The van der Waals surface area contributed by atoms with Crippen molar-refractivity contribution in [1.29, 1.82) is 0 Å². The minimum atomic E-state index is -0.364. The first-order valence-electron chi connectivity index (χ1n) is 11.0. The number of carbonyl (C=O) groups is 4. The van der Waals surface area contributed by atoms with Crippen molar-refractivity contribution in [3.8, 4) is 0 Å². The minimum absolute atomic E-state index is 0.00261. The minimum Gasteiger partial charge on any atom is -0.466 e. The molecule has 3 amide bonds. The first kappa shape index (κ1) is 22.8. The van der Waals surface area contributed by atoms with E-state index in [-0.39, 0.29) is 48.0 Å². The van der Waals surface area contributed by atoms with E-state index in [0.29, 0.717) is 50.3 Å². The normalized spacial score (nSPS) is 19.6. The first-order valence-corrected chi connectivity index (χ1v) is 11.0. The second-order valence-electron chi connectivity index (χ2n) is 8.43. The highest BCUT2D eigenvalue weighted by molar-refractivity contribution is 5.98. The van der Waals surface area contributed by atoms with Crippen LogP contribution < -0.4 is 5.32 Å². The second kappa shape index (κ2) is 9.94. The molecule has 0 radical (unpaired) electrons. The molecule has 0 spiro atoms. The molecule has 8 heteroatoms. The van der Waals surface area contributed by atoms with Gasteiger partial charge in [0.25, 0.3) is 5.91 Å². The van der Waals surface area contributed by atoms with E-state index in [1.54, 1.807) is 41.0 Å². The van der Waals surface area contributed by atoms with E-state index in [4.69, 9.17) is 4.74 Å². The number of hydrogen-bond acceptors (Lipinski definition) is 5. The van der Waals surface area contributed by atoms with E-state index in [0.717, 1.165) is 0 Å². The molecule has 0 saturated carbocycles. The van der Waals surface area contributed by atoms with E-state index in [1.807, 2.05) is 13.8 Å². The molecule has 1 aromatic rings. The Morgan fingerprint density at radius 1 is 1.10 bits per heavy atom. The summed E-state index contributed by atoms with van der Waals surface area (Å²) in [5, 5.41) is 2.85. The summed E-state index contributed by atoms with van der Waals surface area (Å²) in [6.45, 7) is 7.50. The lowest BCUT2D eigenvalue weighted by molar-refractivity contribution is -0.149. The fourth-order valence-corrected chi connectivity index (χ4v) is 4.11. The quantitative estimate of drug-likeness (QED) is 0.700. The van der Waals surface area contributed by atoms with Crippen molar-refractivity contribution < 1.29 is 23.9 Å². The number of rotatable bonds is 6. The summed E-state index contributed by atoms with van der Waals surface area (Å²) in [5.74, 6) is -0.962. The third-order valence-corrected chi connectivity index (χ3v) is 5.95. The van der Waals surface area contributed by atoms with E-state index < -0.39 is 0 Å². The average Bonchev–Trinajstić information content (AvgIpc) is 3.16. The lowest BCUT2D eigenvalue weighted by atomic mass is 9.96. The zero-order valence-electron chi connectivity index (χ0n) is 18.4. The summed E-state index contributed by atoms with van der Waals surface area (Å²) in [6.07, 6.45) is 1.43. The number of anilines is 1. The second-order valence-corrected chi connectivity index (χ2v) is 8.43. The van der Waals surface area contributed by atoms with E-state index in [2.05, 4.69) is 5.32 Å². The van der Waals surface area contributed by atoms with Gasteiger partial charge in [0.1, 0.15) is 0 Å². The van der Waals surface area contributed by atoms with Crippen molar-refractivity contribution in [2.45, 2.75) is 46.1 Å². The Hall–Kier alpha value is -2.90. The summed E-state index contributed by atoms with van der Waals surface area (Å²) in [5.41, 5.74) is 1.13.